The number of H-pyrrole nitrogens is 1. The summed E-state index contributed by atoms with van der Waals surface area (Å²) in [5.41, 5.74) is 7.08. The van der Waals surface area contributed by atoms with Crippen molar-refractivity contribution in [1.82, 2.24) is 15.2 Å². The molecule has 3 rings (SSSR count). The number of fused-ring (bicyclic) bond motifs is 1. The maximum Gasteiger partial charge on any atom is 0.328 e. The fourth-order valence-corrected chi connectivity index (χ4v) is 5.40. The number of nitrogens with one attached hydrogen (secondary N) is 2. The number of benzene rings is 1. The molecular formula is C29H44N4O6Si. The smallest absolute Gasteiger partial charge is 0.328 e. The number of carbonyl (C=O) groups is 4. The number of hydrogen-bond donors (Lipinski definition) is 3. The summed E-state index contributed by atoms with van der Waals surface area (Å²) in [6, 6.07) is 5.62. The van der Waals surface area contributed by atoms with Crippen LogP contribution in [0.3, 0.4) is 0 Å². The molecule has 0 radical (unpaired) electrons. The van der Waals surface area contributed by atoms with E-state index in [0.717, 1.165) is 22.5 Å². The third kappa shape index (κ3) is 8.92. The monoisotopic (exact) mass is 572 g/mol. The molecule has 1 aromatic carbocycles. The van der Waals surface area contributed by atoms with Crippen LogP contribution in [0.5, 0.6) is 0 Å². The fraction of sp³-hybridized carbons (Fsp3) is 0.586. The lowest BCUT2D eigenvalue weighted by Crippen LogP contribution is -2.55. The topological polar surface area (TPSA) is 144 Å². The first-order valence-electron chi connectivity index (χ1n) is 13.9. The molecule has 40 heavy (non-hydrogen) atoms. The zero-order chi connectivity index (χ0) is 29.7. The van der Waals surface area contributed by atoms with Crippen LogP contribution in [-0.2, 0) is 35.1 Å². The van der Waals surface area contributed by atoms with Crippen molar-refractivity contribution in [1.29, 1.82) is 0 Å². The van der Waals surface area contributed by atoms with E-state index in [1.54, 1.807) is 20.8 Å². The zero-order valence-corrected chi connectivity index (χ0v) is 25.5. The summed E-state index contributed by atoms with van der Waals surface area (Å²) >= 11 is 0. The van der Waals surface area contributed by atoms with Crippen molar-refractivity contribution in [2.45, 2.75) is 95.9 Å². The second kappa shape index (κ2) is 13.0. The van der Waals surface area contributed by atoms with Crippen molar-refractivity contribution in [2.24, 2.45) is 5.73 Å². The maximum absolute atomic E-state index is 13.9. The van der Waals surface area contributed by atoms with Gasteiger partial charge in [0.2, 0.25) is 11.8 Å². The molecule has 10 nitrogen and oxygen atoms in total. The Kier molecular flexibility index (Phi) is 10.2. The van der Waals surface area contributed by atoms with Gasteiger partial charge in [0.25, 0.3) is 0 Å². The van der Waals surface area contributed by atoms with Gasteiger partial charge in [-0.1, -0.05) is 37.8 Å². The van der Waals surface area contributed by atoms with E-state index in [4.69, 9.17) is 15.2 Å². The highest BCUT2D eigenvalue weighted by Gasteiger charge is 2.39. The molecule has 1 fully saturated rings. The van der Waals surface area contributed by atoms with Gasteiger partial charge >= 0.3 is 11.9 Å². The number of carbonyl (C=O) groups excluding carboxylic acids is 4. The predicted molar refractivity (Wildman–Crippen MR) is 156 cm³/mol. The number of aromatic amines is 1. The SMILES string of the molecule is CC(C)(C)OC(=O)C[C@H](N)C(=O)N[C@@H](Cc1c[nH]c2ccccc12)C(=O)N1CCC[C@H]1C(=O)OCC[Si](C)(C)C. The van der Waals surface area contributed by atoms with Gasteiger partial charge in [-0.25, -0.2) is 4.79 Å². The van der Waals surface area contributed by atoms with Crippen LogP contribution in [0.1, 0.15) is 45.6 Å². The van der Waals surface area contributed by atoms with Crippen LogP contribution in [-0.4, -0.2) is 78.6 Å². The molecule has 0 aliphatic carbocycles. The maximum atomic E-state index is 13.9. The van der Waals surface area contributed by atoms with E-state index in [9.17, 15) is 19.2 Å². The molecule has 1 aliphatic heterocycles. The minimum absolute atomic E-state index is 0.182. The van der Waals surface area contributed by atoms with Gasteiger partial charge < -0.3 is 30.4 Å². The number of esters is 2. The van der Waals surface area contributed by atoms with Crippen molar-refractivity contribution in [3.8, 4) is 0 Å². The van der Waals surface area contributed by atoms with Crippen LogP contribution >= 0.6 is 0 Å². The molecule has 220 valence electrons. The summed E-state index contributed by atoms with van der Waals surface area (Å²) in [6.45, 7) is 12.5. The summed E-state index contributed by atoms with van der Waals surface area (Å²) in [4.78, 5) is 56.9. The lowest BCUT2D eigenvalue weighted by atomic mass is 10.0. The Bertz CT molecular complexity index is 1220. The van der Waals surface area contributed by atoms with Gasteiger partial charge in [-0.15, -0.1) is 0 Å². The van der Waals surface area contributed by atoms with Crippen molar-refractivity contribution in [2.75, 3.05) is 13.2 Å². The van der Waals surface area contributed by atoms with Crippen molar-refractivity contribution >= 4 is 42.7 Å². The van der Waals surface area contributed by atoms with E-state index >= 15 is 0 Å². The molecule has 0 spiro atoms. The number of nitrogens with two attached hydrogens (primary N) is 1. The Hall–Kier alpha value is -3.18. The van der Waals surface area contributed by atoms with Gasteiger partial charge in [0.05, 0.1) is 19.1 Å². The molecule has 3 atom stereocenters. The van der Waals surface area contributed by atoms with E-state index in [2.05, 4.69) is 29.9 Å². The van der Waals surface area contributed by atoms with Crippen molar-refractivity contribution < 1.29 is 28.7 Å². The van der Waals surface area contributed by atoms with E-state index in [1.807, 2.05) is 30.5 Å². The lowest BCUT2D eigenvalue weighted by Gasteiger charge is -2.29. The minimum atomic E-state index is -1.39. The number of likely N-dealkylation sites (tertiary alicyclic amines) is 1. The third-order valence-electron chi connectivity index (χ3n) is 6.76. The largest absolute Gasteiger partial charge is 0.464 e. The van der Waals surface area contributed by atoms with Crippen LogP contribution in [0.25, 0.3) is 10.9 Å². The summed E-state index contributed by atoms with van der Waals surface area (Å²) in [5, 5.41) is 3.69. The summed E-state index contributed by atoms with van der Waals surface area (Å²) in [7, 11) is -1.39. The van der Waals surface area contributed by atoms with Gasteiger partial charge in [0, 0.05) is 38.1 Å². The van der Waals surface area contributed by atoms with Gasteiger partial charge in [-0.3, -0.25) is 14.4 Å². The molecule has 2 amide bonds. The first kappa shape index (κ1) is 31.3. The quantitative estimate of drug-likeness (QED) is 0.277. The second-order valence-electron chi connectivity index (χ2n) is 12.7. The minimum Gasteiger partial charge on any atom is -0.464 e. The van der Waals surface area contributed by atoms with Gasteiger partial charge in [-0.05, 0) is 51.3 Å². The summed E-state index contributed by atoms with van der Waals surface area (Å²) in [6.07, 6.45) is 2.83. The standard InChI is InChI=1S/C29H44N4O6Si/c1-29(2,3)39-25(34)17-21(30)26(35)32-23(16-19-18-31-22-11-8-7-10-20(19)22)27(36)33-13-9-12-24(33)28(37)38-14-15-40(4,5)6/h7-8,10-11,18,21,23-24,31H,9,12-17,30H2,1-6H3,(H,32,35)/t21-,23-,24-/m0/s1. The van der Waals surface area contributed by atoms with E-state index in [-0.39, 0.29) is 18.7 Å². The Labute approximate surface area is 237 Å². The summed E-state index contributed by atoms with van der Waals surface area (Å²) in [5.74, 6) is -2.04. The number of para-hydroxylation sites is 1. The van der Waals surface area contributed by atoms with Crippen LogP contribution < -0.4 is 11.1 Å². The number of aromatic nitrogens is 1. The molecule has 1 saturated heterocycles. The molecule has 0 saturated carbocycles. The normalized spacial score (nSPS) is 17.4. The molecule has 11 heteroatoms. The molecule has 0 bridgehead atoms. The van der Waals surface area contributed by atoms with E-state index < -0.39 is 49.6 Å². The van der Waals surface area contributed by atoms with Gasteiger partial charge in [0.15, 0.2) is 0 Å². The van der Waals surface area contributed by atoms with Gasteiger partial charge in [-0.2, -0.15) is 0 Å². The molecule has 2 heterocycles. The van der Waals surface area contributed by atoms with Crippen molar-refractivity contribution in [3.63, 3.8) is 0 Å². The third-order valence-corrected chi connectivity index (χ3v) is 8.47. The molecule has 1 aromatic heterocycles. The summed E-state index contributed by atoms with van der Waals surface area (Å²) < 4.78 is 10.9. The Morgan fingerprint density at radius 1 is 1.18 bits per heavy atom. The number of ether oxygens (including phenoxy) is 2. The predicted octanol–water partition coefficient (Wildman–Crippen LogP) is 3.13. The van der Waals surface area contributed by atoms with Crippen LogP contribution in [0.15, 0.2) is 30.5 Å². The Balaban J connectivity index is 1.78. The number of rotatable bonds is 11. The zero-order valence-electron chi connectivity index (χ0n) is 24.5. The van der Waals surface area contributed by atoms with Crippen LogP contribution in [0.2, 0.25) is 25.7 Å². The van der Waals surface area contributed by atoms with Gasteiger partial charge in [0.1, 0.15) is 17.7 Å². The number of hydrogen-bond acceptors (Lipinski definition) is 7. The van der Waals surface area contributed by atoms with E-state index in [1.165, 1.54) is 4.90 Å². The lowest BCUT2D eigenvalue weighted by molar-refractivity contribution is -0.156. The van der Waals surface area contributed by atoms with Crippen LogP contribution in [0.4, 0.5) is 0 Å². The molecular weight excluding hydrogens is 528 g/mol. The highest BCUT2D eigenvalue weighted by atomic mass is 28.3. The highest BCUT2D eigenvalue weighted by molar-refractivity contribution is 6.76. The average molecular weight is 573 g/mol. The average Bonchev–Trinajstić information content (AvgIpc) is 3.48. The Morgan fingerprint density at radius 2 is 1.88 bits per heavy atom. The first-order valence-corrected chi connectivity index (χ1v) is 17.7. The van der Waals surface area contributed by atoms with E-state index in [0.29, 0.717) is 26.0 Å². The molecule has 1 aliphatic rings. The second-order valence-corrected chi connectivity index (χ2v) is 18.3. The molecule has 4 N–H and O–H groups in total. The highest BCUT2D eigenvalue weighted by Crippen LogP contribution is 2.24. The first-order chi connectivity index (χ1) is 18.6. The fourth-order valence-electron chi connectivity index (χ4n) is 4.68. The number of nitrogens with zero attached hydrogens (tertiary/aromatic N) is 1. The van der Waals surface area contributed by atoms with Crippen molar-refractivity contribution in [3.05, 3.63) is 36.0 Å². The van der Waals surface area contributed by atoms with Crippen LogP contribution in [0, 0.1) is 0 Å². The Morgan fingerprint density at radius 3 is 2.55 bits per heavy atom. The molecule has 2 aromatic rings. The number of amides is 2. The molecule has 0 unspecified atom stereocenters.